The molecule has 1 saturated heterocycles. The Morgan fingerprint density at radius 3 is 2.80 bits per heavy atom. The highest BCUT2D eigenvalue weighted by atomic mass is 19.4. The summed E-state index contributed by atoms with van der Waals surface area (Å²) in [5, 5.41) is 3.35. The highest BCUT2D eigenvalue weighted by molar-refractivity contribution is 5.80. The zero-order valence-electron chi connectivity index (χ0n) is 17.8. The van der Waals surface area contributed by atoms with E-state index in [9.17, 15) is 13.2 Å². The molecule has 1 heterocycles. The molecular formula is C22H32F3N3O2. The summed E-state index contributed by atoms with van der Waals surface area (Å²) in [6.07, 6.45) is -0.228. The van der Waals surface area contributed by atoms with E-state index in [1.54, 1.807) is 13.2 Å². The van der Waals surface area contributed by atoms with Crippen LogP contribution >= 0.6 is 0 Å². The smallest absolute Gasteiger partial charge is 0.385 e. The number of aliphatic imine (C=N–C) groups is 1. The van der Waals surface area contributed by atoms with E-state index in [2.05, 4.69) is 10.2 Å². The van der Waals surface area contributed by atoms with E-state index in [1.165, 1.54) is 18.6 Å². The van der Waals surface area contributed by atoms with E-state index >= 15 is 0 Å². The molecule has 1 N–H and O–H groups in total. The van der Waals surface area contributed by atoms with Crippen LogP contribution in [0.1, 0.15) is 49.8 Å². The Labute approximate surface area is 176 Å². The van der Waals surface area contributed by atoms with Gasteiger partial charge >= 0.3 is 6.18 Å². The van der Waals surface area contributed by atoms with Crippen molar-refractivity contribution in [2.24, 2.45) is 10.4 Å². The normalized spacial score (nSPS) is 22.0. The summed E-state index contributed by atoms with van der Waals surface area (Å²) in [7, 11) is 1.72. The van der Waals surface area contributed by atoms with Crippen molar-refractivity contribution in [3.63, 3.8) is 0 Å². The molecule has 0 bridgehead atoms. The molecule has 30 heavy (non-hydrogen) atoms. The van der Waals surface area contributed by atoms with Gasteiger partial charge in [0.1, 0.15) is 6.10 Å². The third-order valence-electron chi connectivity index (χ3n) is 6.10. The van der Waals surface area contributed by atoms with Crippen molar-refractivity contribution in [2.45, 2.75) is 44.9 Å². The number of nitrogens with one attached hydrogen (secondary N) is 1. The monoisotopic (exact) mass is 427 g/mol. The van der Waals surface area contributed by atoms with Crippen LogP contribution in [0.3, 0.4) is 0 Å². The Bertz CT molecular complexity index is 720. The molecule has 1 saturated carbocycles. The van der Waals surface area contributed by atoms with Crippen molar-refractivity contribution in [1.29, 1.82) is 0 Å². The number of methoxy groups -OCH3 is 1. The molecule has 1 aromatic carbocycles. The molecule has 1 aliphatic carbocycles. The number of rotatable bonds is 7. The SMILES string of the molecule is CCNC(=NCC1(CCOC)CCC1)N1CCOC(c2cccc(C(F)(F)F)c2)C1. The Morgan fingerprint density at radius 2 is 2.17 bits per heavy atom. The van der Waals surface area contributed by atoms with E-state index < -0.39 is 17.8 Å². The molecule has 0 spiro atoms. The fourth-order valence-electron chi connectivity index (χ4n) is 4.11. The lowest BCUT2D eigenvalue weighted by atomic mass is 9.67. The molecule has 1 atom stereocenters. The van der Waals surface area contributed by atoms with Gasteiger partial charge in [0.25, 0.3) is 0 Å². The first-order valence-electron chi connectivity index (χ1n) is 10.7. The molecule has 1 aromatic rings. The standard InChI is InChI=1S/C22H32F3N3O2/c1-3-26-20(27-16-21(8-5-9-21)10-12-29-2)28-11-13-30-19(15-28)17-6-4-7-18(14-17)22(23,24)25/h4,6-7,14,19H,3,5,8-13,15-16H2,1-2H3,(H,26,27). The maximum atomic E-state index is 13.1. The van der Waals surface area contributed by atoms with Crippen LogP contribution in [-0.2, 0) is 15.7 Å². The number of benzene rings is 1. The van der Waals surface area contributed by atoms with Gasteiger partial charge in [0.05, 0.1) is 18.7 Å². The van der Waals surface area contributed by atoms with E-state index in [1.807, 2.05) is 6.92 Å². The first-order valence-corrected chi connectivity index (χ1v) is 10.7. The number of alkyl halides is 3. The second kappa shape index (κ2) is 10.0. The summed E-state index contributed by atoms with van der Waals surface area (Å²) in [4.78, 5) is 7.01. The third kappa shape index (κ3) is 5.66. The minimum atomic E-state index is -4.36. The van der Waals surface area contributed by atoms with Crippen LogP contribution in [0.2, 0.25) is 0 Å². The van der Waals surface area contributed by atoms with Crippen molar-refractivity contribution >= 4 is 5.96 Å². The number of guanidine groups is 1. The second-order valence-corrected chi connectivity index (χ2v) is 8.20. The van der Waals surface area contributed by atoms with Crippen LogP contribution in [0.4, 0.5) is 13.2 Å². The number of hydrogen-bond donors (Lipinski definition) is 1. The molecule has 1 unspecified atom stereocenters. The molecule has 0 amide bonds. The van der Waals surface area contributed by atoms with E-state index in [-0.39, 0.29) is 5.41 Å². The van der Waals surface area contributed by atoms with Crippen LogP contribution in [0.5, 0.6) is 0 Å². The zero-order chi connectivity index (χ0) is 21.6. The quantitative estimate of drug-likeness (QED) is 0.522. The Morgan fingerprint density at radius 1 is 1.37 bits per heavy atom. The summed E-state index contributed by atoms with van der Waals surface area (Å²) in [5.74, 6) is 0.807. The first-order chi connectivity index (χ1) is 14.4. The fourth-order valence-corrected chi connectivity index (χ4v) is 4.11. The molecule has 8 heteroatoms. The maximum absolute atomic E-state index is 13.1. The average Bonchev–Trinajstić information content (AvgIpc) is 2.71. The largest absolute Gasteiger partial charge is 0.416 e. The summed E-state index contributed by atoms with van der Waals surface area (Å²) in [5.41, 5.74) is 0.107. The number of halogens is 3. The van der Waals surface area contributed by atoms with Crippen molar-refractivity contribution in [3.05, 3.63) is 35.4 Å². The molecule has 3 rings (SSSR count). The summed E-state index contributed by atoms with van der Waals surface area (Å²) >= 11 is 0. The lowest BCUT2D eigenvalue weighted by molar-refractivity contribution is -0.137. The summed E-state index contributed by atoms with van der Waals surface area (Å²) < 4.78 is 50.4. The van der Waals surface area contributed by atoms with E-state index in [0.29, 0.717) is 25.3 Å². The van der Waals surface area contributed by atoms with Gasteiger partial charge in [-0.3, -0.25) is 4.99 Å². The van der Waals surface area contributed by atoms with Crippen molar-refractivity contribution in [1.82, 2.24) is 10.2 Å². The van der Waals surface area contributed by atoms with Crippen LogP contribution < -0.4 is 5.32 Å². The van der Waals surface area contributed by atoms with Gasteiger partial charge in [0.15, 0.2) is 5.96 Å². The molecule has 168 valence electrons. The number of morpholine rings is 1. The summed E-state index contributed by atoms with van der Waals surface area (Å²) in [6.45, 7) is 5.80. The van der Waals surface area contributed by atoms with Gasteiger partial charge < -0.3 is 19.7 Å². The molecule has 2 fully saturated rings. The lowest BCUT2D eigenvalue weighted by Crippen LogP contribution is -2.49. The van der Waals surface area contributed by atoms with Gasteiger partial charge in [-0.1, -0.05) is 18.6 Å². The molecule has 2 aliphatic rings. The average molecular weight is 428 g/mol. The molecule has 0 aromatic heterocycles. The second-order valence-electron chi connectivity index (χ2n) is 8.20. The summed E-state index contributed by atoms with van der Waals surface area (Å²) in [6, 6.07) is 5.41. The predicted molar refractivity (Wildman–Crippen MR) is 110 cm³/mol. The van der Waals surface area contributed by atoms with Crippen molar-refractivity contribution in [2.75, 3.05) is 46.5 Å². The van der Waals surface area contributed by atoms with Gasteiger partial charge in [0, 0.05) is 33.4 Å². The fraction of sp³-hybridized carbons (Fsp3) is 0.682. The van der Waals surface area contributed by atoms with Gasteiger partial charge in [-0.2, -0.15) is 13.2 Å². The first kappa shape index (κ1) is 22.9. The van der Waals surface area contributed by atoms with E-state index in [4.69, 9.17) is 14.5 Å². The Hall–Kier alpha value is -1.80. The van der Waals surface area contributed by atoms with Crippen LogP contribution in [0.25, 0.3) is 0 Å². The van der Waals surface area contributed by atoms with Crippen molar-refractivity contribution in [3.8, 4) is 0 Å². The molecule has 5 nitrogen and oxygen atoms in total. The van der Waals surface area contributed by atoms with Gasteiger partial charge in [-0.25, -0.2) is 0 Å². The van der Waals surface area contributed by atoms with Crippen LogP contribution in [0.15, 0.2) is 29.3 Å². The zero-order valence-corrected chi connectivity index (χ0v) is 17.8. The highest BCUT2D eigenvalue weighted by Crippen LogP contribution is 2.44. The van der Waals surface area contributed by atoms with Crippen LogP contribution in [-0.4, -0.2) is 57.4 Å². The molecule has 0 radical (unpaired) electrons. The van der Waals surface area contributed by atoms with Gasteiger partial charge in [0.2, 0.25) is 0 Å². The predicted octanol–water partition coefficient (Wildman–Crippen LogP) is 4.25. The topological polar surface area (TPSA) is 46.1 Å². The number of nitrogens with zero attached hydrogens (tertiary/aromatic N) is 2. The minimum absolute atomic E-state index is 0.212. The van der Waals surface area contributed by atoms with Crippen LogP contribution in [0, 0.1) is 5.41 Å². The third-order valence-corrected chi connectivity index (χ3v) is 6.10. The maximum Gasteiger partial charge on any atom is 0.416 e. The van der Waals surface area contributed by atoms with Gasteiger partial charge in [-0.05, 0) is 49.3 Å². The number of hydrogen-bond acceptors (Lipinski definition) is 3. The minimum Gasteiger partial charge on any atom is -0.385 e. The molecular weight excluding hydrogens is 395 g/mol. The van der Waals surface area contributed by atoms with Gasteiger partial charge in [-0.15, -0.1) is 0 Å². The highest BCUT2D eigenvalue weighted by Gasteiger charge is 2.37. The van der Waals surface area contributed by atoms with E-state index in [0.717, 1.165) is 51.0 Å². The molecule has 1 aliphatic heterocycles. The number of ether oxygens (including phenoxy) is 2. The Balaban J connectivity index is 1.71. The Kier molecular flexibility index (Phi) is 7.63. The lowest BCUT2D eigenvalue weighted by Gasteiger charge is -2.41. The van der Waals surface area contributed by atoms with Crippen molar-refractivity contribution < 1.29 is 22.6 Å².